The Labute approximate surface area is 263 Å². The second kappa shape index (κ2) is 12.8. The van der Waals surface area contributed by atoms with Gasteiger partial charge in [-0.1, -0.05) is 5.16 Å². The molecule has 3 rings (SSSR count). The second-order valence-corrected chi connectivity index (χ2v) is 14.5. The van der Waals surface area contributed by atoms with Crippen molar-refractivity contribution < 1.29 is 56.0 Å². The summed E-state index contributed by atoms with van der Waals surface area (Å²) >= 11 is 0.886. The molecular formula is C25H36N6O12S2. The van der Waals surface area contributed by atoms with Gasteiger partial charge >= 0.3 is 28.5 Å². The normalized spacial score (nSPS) is 19.4. The number of amides is 4. The lowest BCUT2D eigenvalue weighted by atomic mass is 9.97. The Hall–Kier alpha value is -4.04. The highest BCUT2D eigenvalue weighted by molar-refractivity contribution is 7.84. The van der Waals surface area contributed by atoms with E-state index in [0.717, 1.165) is 16.2 Å². The molecule has 0 bridgehead atoms. The molecule has 0 aromatic carbocycles. The summed E-state index contributed by atoms with van der Waals surface area (Å²) in [5.74, 6) is -3.12. The summed E-state index contributed by atoms with van der Waals surface area (Å²) in [5.41, 5.74) is -4.15. The summed E-state index contributed by atoms with van der Waals surface area (Å²) in [6.07, 6.45) is -1.61. The van der Waals surface area contributed by atoms with Crippen LogP contribution in [0.3, 0.4) is 0 Å². The summed E-state index contributed by atoms with van der Waals surface area (Å²) in [4.78, 5) is 73.9. The number of hydrogen-bond donors (Lipinski definition) is 3. The zero-order valence-electron chi connectivity index (χ0n) is 25.9. The van der Waals surface area contributed by atoms with E-state index in [1.54, 1.807) is 41.5 Å². The number of oxime groups is 1. The number of esters is 1. The first-order valence-corrected chi connectivity index (χ1v) is 15.7. The first-order chi connectivity index (χ1) is 20.5. The number of β-lactam (4-membered cyclic amide) rings is 1. The SMILES string of the molecule is CC(C)(C)OC(=O)Nc1nc(C(=NOC(C)(C)C(=O)OC(C)(C)C)C(=O)N[C@@H]2C(=O)N(S(=O)(=O)O)[C@@H]2CN2CCOC2=O)cs1. The minimum absolute atomic E-state index is 0.00570. The maximum absolute atomic E-state index is 13.6. The van der Waals surface area contributed by atoms with Crippen molar-refractivity contribution in [2.24, 2.45) is 5.16 Å². The van der Waals surface area contributed by atoms with Crippen LogP contribution in [0.15, 0.2) is 10.5 Å². The zero-order chi connectivity index (χ0) is 34.1. The number of thiazole rings is 1. The largest absolute Gasteiger partial charge is 0.457 e. The van der Waals surface area contributed by atoms with E-state index in [4.69, 9.17) is 19.0 Å². The van der Waals surface area contributed by atoms with Gasteiger partial charge in [-0.05, 0) is 55.4 Å². The summed E-state index contributed by atoms with van der Waals surface area (Å²) in [6.45, 7) is 12.3. The number of ether oxygens (including phenoxy) is 3. The molecule has 3 N–H and O–H groups in total. The quantitative estimate of drug-likeness (QED) is 0.0792. The van der Waals surface area contributed by atoms with Crippen LogP contribution in [0.25, 0.3) is 0 Å². The second-order valence-electron chi connectivity index (χ2n) is 12.4. The minimum atomic E-state index is -5.06. The lowest BCUT2D eigenvalue weighted by molar-refractivity contribution is -0.179. The van der Waals surface area contributed by atoms with Gasteiger partial charge in [-0.2, -0.15) is 8.42 Å². The summed E-state index contributed by atoms with van der Waals surface area (Å²) in [5, 5.41) is 9.90. The van der Waals surface area contributed by atoms with Gasteiger partial charge in [0.1, 0.15) is 29.5 Å². The number of aromatic nitrogens is 1. The number of nitrogens with one attached hydrogen (secondary N) is 2. The van der Waals surface area contributed by atoms with Gasteiger partial charge in [0.15, 0.2) is 10.8 Å². The average Bonchev–Trinajstić information content (AvgIpc) is 3.47. The summed E-state index contributed by atoms with van der Waals surface area (Å²) in [6, 6.07) is -2.95. The maximum Gasteiger partial charge on any atom is 0.413 e. The van der Waals surface area contributed by atoms with E-state index in [2.05, 4.69) is 20.8 Å². The molecule has 1 aromatic rings. The summed E-state index contributed by atoms with van der Waals surface area (Å²) in [7, 11) is -5.06. The highest BCUT2D eigenvalue weighted by Crippen LogP contribution is 2.27. The van der Waals surface area contributed by atoms with Crippen molar-refractivity contribution in [1.82, 2.24) is 19.5 Å². The van der Waals surface area contributed by atoms with Gasteiger partial charge in [-0.15, -0.1) is 11.3 Å². The van der Waals surface area contributed by atoms with Gasteiger partial charge in [-0.25, -0.2) is 23.7 Å². The third-order valence-corrected chi connectivity index (χ3v) is 7.49. The fraction of sp³-hybridized carbons (Fsp3) is 0.640. The van der Waals surface area contributed by atoms with Crippen molar-refractivity contribution in [2.75, 3.05) is 25.0 Å². The van der Waals surface area contributed by atoms with E-state index in [1.165, 1.54) is 19.2 Å². The van der Waals surface area contributed by atoms with Crippen LogP contribution >= 0.6 is 11.3 Å². The van der Waals surface area contributed by atoms with Gasteiger partial charge in [0, 0.05) is 11.9 Å². The number of rotatable bonds is 10. The predicted octanol–water partition coefficient (Wildman–Crippen LogP) is 1.28. The molecule has 18 nitrogen and oxygen atoms in total. The Morgan fingerprint density at radius 2 is 1.73 bits per heavy atom. The molecule has 2 aliphatic rings. The van der Waals surface area contributed by atoms with Crippen LogP contribution < -0.4 is 10.6 Å². The molecule has 4 amide bonds. The molecule has 20 heteroatoms. The number of carbonyl (C=O) groups is 5. The van der Waals surface area contributed by atoms with Crippen LogP contribution in [-0.2, 0) is 43.7 Å². The highest BCUT2D eigenvalue weighted by Gasteiger charge is 2.55. The fourth-order valence-electron chi connectivity index (χ4n) is 3.80. The fourth-order valence-corrected chi connectivity index (χ4v) is 5.35. The zero-order valence-corrected chi connectivity index (χ0v) is 27.5. The Bertz CT molecular complexity index is 1490. The third kappa shape index (κ3) is 9.24. The molecule has 0 unspecified atom stereocenters. The van der Waals surface area contributed by atoms with Gasteiger partial charge in [0.25, 0.3) is 11.8 Å². The van der Waals surface area contributed by atoms with E-state index in [0.29, 0.717) is 0 Å². The van der Waals surface area contributed by atoms with Crippen LogP contribution in [0.2, 0.25) is 0 Å². The minimum Gasteiger partial charge on any atom is -0.457 e. The number of carbonyl (C=O) groups excluding carboxylic acids is 5. The molecule has 2 fully saturated rings. The Kier molecular flexibility index (Phi) is 10.0. The van der Waals surface area contributed by atoms with Crippen LogP contribution in [0.5, 0.6) is 0 Å². The highest BCUT2D eigenvalue weighted by atomic mass is 32.2. The molecule has 2 atom stereocenters. The number of cyclic esters (lactones) is 1. The van der Waals surface area contributed by atoms with Crippen molar-refractivity contribution in [3.63, 3.8) is 0 Å². The van der Waals surface area contributed by atoms with Crippen molar-refractivity contribution >= 4 is 62.5 Å². The number of hydrogen-bond acceptors (Lipinski definition) is 14. The molecule has 0 radical (unpaired) electrons. The topological polar surface area (TPSA) is 232 Å². The van der Waals surface area contributed by atoms with Crippen LogP contribution in [0.1, 0.15) is 61.1 Å². The molecule has 2 saturated heterocycles. The summed E-state index contributed by atoms with van der Waals surface area (Å²) < 4.78 is 48.9. The first-order valence-electron chi connectivity index (χ1n) is 13.5. The van der Waals surface area contributed by atoms with Crippen molar-refractivity contribution in [2.45, 2.75) is 84.3 Å². The standard InChI is InChI=1S/C25H36N6O12S2/c1-23(2,3)41-19(34)25(7,8)43-29-15(13-12-44-20(26-13)28-21(35)42-24(4,5)6)17(32)27-16-14(11-30-9-10-40-22(30)36)31(18(16)33)45(37,38)39/h12,14,16H,9-11H2,1-8H3,(H,27,32)(H,26,28,35)(H,37,38,39)/t14-,16+/m1/s1. The van der Waals surface area contributed by atoms with Crippen molar-refractivity contribution in [1.29, 1.82) is 0 Å². The van der Waals surface area contributed by atoms with Crippen LogP contribution in [0.4, 0.5) is 14.7 Å². The van der Waals surface area contributed by atoms with E-state index in [9.17, 15) is 36.9 Å². The third-order valence-electron chi connectivity index (χ3n) is 5.78. The first kappa shape index (κ1) is 35.4. The van der Waals surface area contributed by atoms with E-state index in [-0.39, 0.29) is 28.3 Å². The Morgan fingerprint density at radius 3 is 2.27 bits per heavy atom. The Balaban J connectivity index is 1.92. The van der Waals surface area contributed by atoms with Crippen LogP contribution in [-0.4, -0.2) is 111 Å². The molecule has 45 heavy (non-hydrogen) atoms. The molecule has 1 aromatic heterocycles. The van der Waals surface area contributed by atoms with Gasteiger partial charge in [0.2, 0.25) is 5.60 Å². The Morgan fingerprint density at radius 1 is 1.11 bits per heavy atom. The smallest absolute Gasteiger partial charge is 0.413 e. The van der Waals surface area contributed by atoms with Gasteiger partial charge in [-0.3, -0.25) is 19.5 Å². The molecular weight excluding hydrogens is 640 g/mol. The number of anilines is 1. The molecule has 250 valence electrons. The number of nitrogens with zero attached hydrogens (tertiary/aromatic N) is 4. The molecule has 0 spiro atoms. The molecule has 2 aliphatic heterocycles. The molecule has 0 saturated carbocycles. The molecule has 3 heterocycles. The van der Waals surface area contributed by atoms with E-state index >= 15 is 0 Å². The van der Waals surface area contributed by atoms with Crippen molar-refractivity contribution in [3.05, 3.63) is 11.1 Å². The van der Waals surface area contributed by atoms with Crippen LogP contribution in [0, 0.1) is 0 Å². The molecule has 0 aliphatic carbocycles. The average molecular weight is 677 g/mol. The van der Waals surface area contributed by atoms with Gasteiger partial charge < -0.3 is 29.3 Å². The monoisotopic (exact) mass is 676 g/mol. The van der Waals surface area contributed by atoms with E-state index < -0.39 is 81.4 Å². The van der Waals surface area contributed by atoms with Gasteiger partial charge in [0.05, 0.1) is 12.6 Å². The lowest BCUT2D eigenvalue weighted by Crippen LogP contribution is -2.74. The predicted molar refractivity (Wildman–Crippen MR) is 157 cm³/mol. The van der Waals surface area contributed by atoms with E-state index in [1.807, 2.05) is 0 Å². The lowest BCUT2D eigenvalue weighted by Gasteiger charge is -2.45. The maximum atomic E-state index is 13.6. The van der Waals surface area contributed by atoms with Crippen molar-refractivity contribution in [3.8, 4) is 0 Å².